The van der Waals surface area contributed by atoms with Crippen LogP contribution in [0.25, 0.3) is 5.57 Å². The van der Waals surface area contributed by atoms with Crippen molar-refractivity contribution >= 4 is 12.0 Å². The van der Waals surface area contributed by atoms with Gasteiger partial charge in [0.25, 0.3) is 0 Å². The van der Waals surface area contributed by atoms with E-state index in [4.69, 9.17) is 4.74 Å². The molecule has 1 amide bonds. The highest BCUT2D eigenvalue weighted by Gasteiger charge is 2.12. The first-order valence-corrected chi connectivity index (χ1v) is 7.37. The van der Waals surface area contributed by atoms with E-state index in [1.54, 1.807) is 4.90 Å². The molecular weight excluding hydrogens is 276 g/mol. The summed E-state index contributed by atoms with van der Waals surface area (Å²) in [6, 6.07) is 13.7. The van der Waals surface area contributed by atoms with Crippen LogP contribution in [0.3, 0.4) is 0 Å². The summed E-state index contributed by atoms with van der Waals surface area (Å²) in [4.78, 5) is 17.1. The number of hydrogen-bond donors (Lipinski definition) is 0. The molecule has 22 heavy (non-hydrogen) atoms. The topological polar surface area (TPSA) is 42.4 Å². The number of carbonyl (C=O) groups excluding carboxylic acids is 1. The predicted octanol–water partition coefficient (Wildman–Crippen LogP) is 2.91. The Balaban J connectivity index is 1.63. The molecule has 0 saturated carbocycles. The Labute approximate surface area is 130 Å². The molecule has 1 aliphatic rings. The van der Waals surface area contributed by atoms with Crippen LogP contribution in [0.15, 0.2) is 54.7 Å². The Kier molecular flexibility index (Phi) is 4.49. The third-order valence-electron chi connectivity index (χ3n) is 3.63. The third-order valence-corrected chi connectivity index (χ3v) is 3.63. The summed E-state index contributed by atoms with van der Waals surface area (Å²) in [6.45, 7) is 1.92. The van der Waals surface area contributed by atoms with Gasteiger partial charge in [0.2, 0.25) is 6.41 Å². The number of aromatic nitrogens is 1. The maximum absolute atomic E-state index is 10.9. The van der Waals surface area contributed by atoms with Crippen LogP contribution in [0.1, 0.15) is 17.7 Å². The minimum Gasteiger partial charge on any atom is -0.489 e. The van der Waals surface area contributed by atoms with Gasteiger partial charge in [0.1, 0.15) is 12.4 Å². The average molecular weight is 294 g/mol. The Morgan fingerprint density at radius 2 is 2.05 bits per heavy atom. The van der Waals surface area contributed by atoms with Gasteiger partial charge in [-0.25, -0.2) is 0 Å². The van der Waals surface area contributed by atoms with Gasteiger partial charge in [0, 0.05) is 24.8 Å². The molecule has 112 valence electrons. The summed E-state index contributed by atoms with van der Waals surface area (Å²) in [5.74, 6) is 0.850. The van der Waals surface area contributed by atoms with Crippen molar-refractivity contribution in [3.05, 3.63) is 66.0 Å². The second-order valence-electron chi connectivity index (χ2n) is 5.25. The fourth-order valence-electron chi connectivity index (χ4n) is 2.43. The molecule has 1 aromatic heterocycles. The van der Waals surface area contributed by atoms with Crippen LogP contribution in [0.2, 0.25) is 0 Å². The molecule has 0 fully saturated rings. The number of ether oxygens (including phenoxy) is 1. The van der Waals surface area contributed by atoms with E-state index in [-0.39, 0.29) is 0 Å². The van der Waals surface area contributed by atoms with E-state index in [9.17, 15) is 4.79 Å². The van der Waals surface area contributed by atoms with Gasteiger partial charge in [-0.05, 0) is 30.2 Å². The molecule has 2 heterocycles. The van der Waals surface area contributed by atoms with Crippen LogP contribution in [0, 0.1) is 0 Å². The van der Waals surface area contributed by atoms with E-state index in [1.165, 1.54) is 0 Å². The summed E-state index contributed by atoms with van der Waals surface area (Å²) >= 11 is 0. The van der Waals surface area contributed by atoms with Crippen LogP contribution >= 0.6 is 0 Å². The molecule has 0 radical (unpaired) electrons. The maximum Gasteiger partial charge on any atom is 0.210 e. The third kappa shape index (κ3) is 3.52. The molecule has 0 saturated heterocycles. The standard InChI is InChI=1S/C18H18N2O2/c21-14-20-10-4-5-16(12-20)18-9-8-15(11-19-18)13-22-17-6-2-1-3-7-17/h1-3,5-9,11,14H,4,10,12-13H2. The van der Waals surface area contributed by atoms with Crippen molar-refractivity contribution in [2.75, 3.05) is 13.1 Å². The summed E-state index contributed by atoms with van der Waals surface area (Å²) in [5, 5.41) is 0. The van der Waals surface area contributed by atoms with Gasteiger partial charge in [0.15, 0.2) is 0 Å². The van der Waals surface area contributed by atoms with Crippen molar-refractivity contribution in [3.63, 3.8) is 0 Å². The van der Waals surface area contributed by atoms with Gasteiger partial charge in [-0.3, -0.25) is 9.78 Å². The molecule has 0 spiro atoms. The van der Waals surface area contributed by atoms with E-state index in [1.807, 2.05) is 48.7 Å². The minimum atomic E-state index is 0.497. The first kappa shape index (κ1) is 14.3. The number of amides is 1. The van der Waals surface area contributed by atoms with Gasteiger partial charge < -0.3 is 9.64 Å². The molecular formula is C18H18N2O2. The number of benzene rings is 1. The molecule has 3 rings (SSSR count). The highest BCUT2D eigenvalue weighted by Crippen LogP contribution is 2.19. The molecule has 0 N–H and O–H groups in total. The Hall–Kier alpha value is -2.62. The zero-order valence-electron chi connectivity index (χ0n) is 12.3. The number of rotatable bonds is 5. The molecule has 0 unspecified atom stereocenters. The molecule has 0 aliphatic carbocycles. The highest BCUT2D eigenvalue weighted by molar-refractivity contribution is 5.67. The van der Waals surface area contributed by atoms with Crippen LogP contribution in [-0.4, -0.2) is 29.4 Å². The van der Waals surface area contributed by atoms with E-state index >= 15 is 0 Å². The number of para-hydroxylation sites is 1. The fraction of sp³-hybridized carbons (Fsp3) is 0.222. The van der Waals surface area contributed by atoms with Gasteiger partial charge in [-0.2, -0.15) is 0 Å². The fourth-order valence-corrected chi connectivity index (χ4v) is 2.43. The van der Waals surface area contributed by atoms with Crippen molar-refractivity contribution in [3.8, 4) is 5.75 Å². The number of pyridine rings is 1. The van der Waals surface area contributed by atoms with Crippen molar-refractivity contribution < 1.29 is 9.53 Å². The largest absolute Gasteiger partial charge is 0.489 e. The monoisotopic (exact) mass is 294 g/mol. The van der Waals surface area contributed by atoms with Gasteiger partial charge in [-0.15, -0.1) is 0 Å². The molecule has 0 atom stereocenters. The summed E-state index contributed by atoms with van der Waals surface area (Å²) in [5.41, 5.74) is 3.06. The maximum atomic E-state index is 10.9. The quantitative estimate of drug-likeness (QED) is 0.796. The first-order chi connectivity index (χ1) is 10.8. The number of hydrogen-bond acceptors (Lipinski definition) is 3. The SMILES string of the molecule is O=CN1CCC=C(c2ccc(COc3ccccc3)cn2)C1. The Morgan fingerprint density at radius 1 is 1.18 bits per heavy atom. The van der Waals surface area contributed by atoms with Gasteiger partial charge in [-0.1, -0.05) is 30.3 Å². The zero-order chi connectivity index (χ0) is 15.2. The van der Waals surface area contributed by atoms with Gasteiger partial charge in [0.05, 0.1) is 5.69 Å². The van der Waals surface area contributed by atoms with Gasteiger partial charge >= 0.3 is 0 Å². The molecule has 1 aromatic carbocycles. The highest BCUT2D eigenvalue weighted by atomic mass is 16.5. The molecule has 4 heteroatoms. The van der Waals surface area contributed by atoms with E-state index in [0.717, 1.165) is 42.0 Å². The number of carbonyl (C=O) groups is 1. The van der Waals surface area contributed by atoms with E-state index < -0.39 is 0 Å². The van der Waals surface area contributed by atoms with Crippen LogP contribution in [0.5, 0.6) is 5.75 Å². The summed E-state index contributed by atoms with van der Waals surface area (Å²) in [6.07, 6.45) is 5.77. The Morgan fingerprint density at radius 3 is 2.77 bits per heavy atom. The molecule has 1 aliphatic heterocycles. The molecule has 2 aromatic rings. The lowest BCUT2D eigenvalue weighted by atomic mass is 10.1. The van der Waals surface area contributed by atoms with Crippen molar-refractivity contribution in [1.82, 2.24) is 9.88 Å². The second kappa shape index (κ2) is 6.89. The van der Waals surface area contributed by atoms with Crippen molar-refractivity contribution in [1.29, 1.82) is 0 Å². The summed E-state index contributed by atoms with van der Waals surface area (Å²) < 4.78 is 5.70. The lowest BCUT2D eigenvalue weighted by molar-refractivity contribution is -0.117. The van der Waals surface area contributed by atoms with Crippen molar-refractivity contribution in [2.24, 2.45) is 0 Å². The van der Waals surface area contributed by atoms with E-state index in [0.29, 0.717) is 13.2 Å². The van der Waals surface area contributed by atoms with Crippen LogP contribution in [0.4, 0.5) is 0 Å². The first-order valence-electron chi connectivity index (χ1n) is 7.37. The zero-order valence-corrected chi connectivity index (χ0v) is 12.3. The smallest absolute Gasteiger partial charge is 0.210 e. The second-order valence-corrected chi connectivity index (χ2v) is 5.25. The minimum absolute atomic E-state index is 0.497. The lowest BCUT2D eigenvalue weighted by Gasteiger charge is -2.23. The molecule has 0 bridgehead atoms. The van der Waals surface area contributed by atoms with Crippen LogP contribution in [-0.2, 0) is 11.4 Å². The lowest BCUT2D eigenvalue weighted by Crippen LogP contribution is -2.28. The molecule has 4 nitrogen and oxygen atoms in total. The predicted molar refractivity (Wildman–Crippen MR) is 85.2 cm³/mol. The van der Waals surface area contributed by atoms with Crippen molar-refractivity contribution in [2.45, 2.75) is 13.0 Å². The van der Waals surface area contributed by atoms with E-state index in [2.05, 4.69) is 11.1 Å². The average Bonchev–Trinajstić information content (AvgIpc) is 2.61. The normalized spacial score (nSPS) is 14.4. The Bertz CT molecular complexity index is 651. The number of nitrogens with zero attached hydrogens (tertiary/aromatic N) is 2. The van der Waals surface area contributed by atoms with Crippen LogP contribution < -0.4 is 4.74 Å². The summed E-state index contributed by atoms with van der Waals surface area (Å²) in [7, 11) is 0.